The maximum atomic E-state index is 11.5. The summed E-state index contributed by atoms with van der Waals surface area (Å²) in [4.78, 5) is 11.5. The third-order valence-electron chi connectivity index (χ3n) is 2.34. The molecule has 0 aliphatic carbocycles. The van der Waals surface area contributed by atoms with Gasteiger partial charge in [0.25, 0.3) is 0 Å². The molecule has 0 aliphatic rings. The molecule has 0 atom stereocenters. The zero-order valence-electron chi connectivity index (χ0n) is 9.74. The SMILES string of the molecule is C#CCOC(=O)c1cnn(Cc2ccccc2)c1. The van der Waals surface area contributed by atoms with Crippen molar-refractivity contribution in [1.82, 2.24) is 9.78 Å². The van der Waals surface area contributed by atoms with E-state index in [9.17, 15) is 4.79 Å². The molecular formula is C14H12N2O2. The van der Waals surface area contributed by atoms with Crippen LogP contribution >= 0.6 is 0 Å². The van der Waals surface area contributed by atoms with Gasteiger partial charge in [0.2, 0.25) is 0 Å². The Labute approximate surface area is 105 Å². The lowest BCUT2D eigenvalue weighted by atomic mass is 10.2. The van der Waals surface area contributed by atoms with Crippen molar-refractivity contribution in [2.24, 2.45) is 0 Å². The van der Waals surface area contributed by atoms with Crippen LogP contribution in [0.3, 0.4) is 0 Å². The van der Waals surface area contributed by atoms with Crippen molar-refractivity contribution in [3.8, 4) is 12.3 Å². The first-order valence-electron chi connectivity index (χ1n) is 5.46. The molecule has 18 heavy (non-hydrogen) atoms. The molecule has 4 nitrogen and oxygen atoms in total. The molecule has 0 radical (unpaired) electrons. The highest BCUT2D eigenvalue weighted by molar-refractivity contribution is 5.88. The van der Waals surface area contributed by atoms with E-state index < -0.39 is 5.97 Å². The Balaban J connectivity index is 2.03. The van der Waals surface area contributed by atoms with Crippen LogP contribution in [0.25, 0.3) is 0 Å². The summed E-state index contributed by atoms with van der Waals surface area (Å²) >= 11 is 0. The first-order chi connectivity index (χ1) is 8.79. The van der Waals surface area contributed by atoms with Gasteiger partial charge in [0.05, 0.1) is 18.3 Å². The Hall–Kier alpha value is -2.54. The van der Waals surface area contributed by atoms with Gasteiger partial charge in [0, 0.05) is 6.20 Å². The maximum Gasteiger partial charge on any atom is 0.342 e. The smallest absolute Gasteiger partial charge is 0.342 e. The highest BCUT2D eigenvalue weighted by atomic mass is 16.5. The normalized spacial score (nSPS) is 9.72. The molecule has 0 saturated carbocycles. The summed E-state index contributed by atoms with van der Waals surface area (Å²) in [5.41, 5.74) is 1.52. The second kappa shape index (κ2) is 5.69. The number of terminal acetylenes is 1. The van der Waals surface area contributed by atoms with Crippen molar-refractivity contribution in [2.45, 2.75) is 6.54 Å². The zero-order valence-corrected chi connectivity index (χ0v) is 9.74. The Morgan fingerprint density at radius 1 is 1.39 bits per heavy atom. The Morgan fingerprint density at radius 3 is 2.89 bits per heavy atom. The zero-order chi connectivity index (χ0) is 12.8. The van der Waals surface area contributed by atoms with Crippen molar-refractivity contribution in [1.29, 1.82) is 0 Å². The molecule has 0 fully saturated rings. The number of nitrogens with zero attached hydrogens (tertiary/aromatic N) is 2. The van der Waals surface area contributed by atoms with Gasteiger partial charge in [0.1, 0.15) is 0 Å². The van der Waals surface area contributed by atoms with Crippen LogP contribution < -0.4 is 0 Å². The minimum Gasteiger partial charge on any atom is -0.449 e. The first kappa shape index (κ1) is 11.9. The molecule has 1 aromatic heterocycles. The lowest BCUT2D eigenvalue weighted by Crippen LogP contribution is -2.04. The van der Waals surface area contributed by atoms with Gasteiger partial charge in [-0.05, 0) is 5.56 Å². The molecule has 2 rings (SSSR count). The van der Waals surface area contributed by atoms with E-state index in [1.54, 1.807) is 10.9 Å². The van der Waals surface area contributed by atoms with E-state index in [2.05, 4.69) is 11.0 Å². The van der Waals surface area contributed by atoms with Crippen molar-refractivity contribution in [3.05, 3.63) is 53.9 Å². The van der Waals surface area contributed by atoms with E-state index in [0.29, 0.717) is 12.1 Å². The lowest BCUT2D eigenvalue weighted by molar-refractivity contribution is 0.0556. The van der Waals surface area contributed by atoms with Gasteiger partial charge in [-0.3, -0.25) is 4.68 Å². The van der Waals surface area contributed by atoms with Crippen LogP contribution in [0.2, 0.25) is 0 Å². The molecule has 0 aliphatic heterocycles. The Kier molecular flexibility index (Phi) is 3.77. The molecule has 90 valence electrons. The average molecular weight is 240 g/mol. The van der Waals surface area contributed by atoms with Gasteiger partial charge in [-0.15, -0.1) is 6.42 Å². The monoisotopic (exact) mass is 240 g/mol. The fourth-order valence-corrected chi connectivity index (χ4v) is 1.52. The molecule has 1 aromatic carbocycles. The third-order valence-corrected chi connectivity index (χ3v) is 2.34. The number of hydrogen-bond donors (Lipinski definition) is 0. The van der Waals surface area contributed by atoms with Gasteiger partial charge in [-0.2, -0.15) is 5.10 Å². The molecule has 4 heteroatoms. The first-order valence-corrected chi connectivity index (χ1v) is 5.46. The van der Waals surface area contributed by atoms with Crippen LogP contribution in [-0.2, 0) is 11.3 Å². The summed E-state index contributed by atoms with van der Waals surface area (Å²) in [6, 6.07) is 9.87. The molecule has 2 aromatic rings. The van der Waals surface area contributed by atoms with E-state index >= 15 is 0 Å². The molecular weight excluding hydrogens is 228 g/mol. The molecule has 0 unspecified atom stereocenters. The third kappa shape index (κ3) is 2.98. The van der Waals surface area contributed by atoms with Crippen molar-refractivity contribution in [3.63, 3.8) is 0 Å². The van der Waals surface area contributed by atoms with Gasteiger partial charge >= 0.3 is 5.97 Å². The van der Waals surface area contributed by atoms with Crippen molar-refractivity contribution < 1.29 is 9.53 Å². The predicted octanol–water partition coefficient (Wildman–Crippen LogP) is 1.72. The fourth-order valence-electron chi connectivity index (χ4n) is 1.52. The summed E-state index contributed by atoms with van der Waals surface area (Å²) < 4.78 is 6.49. The van der Waals surface area contributed by atoms with E-state index in [4.69, 9.17) is 11.2 Å². The summed E-state index contributed by atoms with van der Waals surface area (Å²) in [5.74, 6) is 1.79. The van der Waals surface area contributed by atoms with Gasteiger partial charge in [-0.1, -0.05) is 36.3 Å². The molecule has 0 N–H and O–H groups in total. The Bertz CT molecular complexity index is 567. The second-order valence-corrected chi connectivity index (χ2v) is 3.69. The minimum atomic E-state index is -0.452. The summed E-state index contributed by atoms with van der Waals surface area (Å²) in [7, 11) is 0. The molecule has 0 amide bonds. The predicted molar refractivity (Wildman–Crippen MR) is 66.9 cm³/mol. The fraction of sp³-hybridized carbons (Fsp3) is 0.143. The van der Waals surface area contributed by atoms with Crippen molar-refractivity contribution in [2.75, 3.05) is 6.61 Å². The van der Waals surface area contributed by atoms with Crippen molar-refractivity contribution >= 4 is 5.97 Å². The standard InChI is InChI=1S/C14H12N2O2/c1-2-8-18-14(17)13-9-15-16(11-13)10-12-6-4-3-5-7-12/h1,3-7,9,11H,8,10H2. The number of aromatic nitrogens is 2. The van der Waals surface area contributed by atoms with Gasteiger partial charge in [0.15, 0.2) is 6.61 Å². The van der Waals surface area contributed by atoms with E-state index in [1.165, 1.54) is 6.20 Å². The van der Waals surface area contributed by atoms with Crippen LogP contribution in [-0.4, -0.2) is 22.4 Å². The maximum absolute atomic E-state index is 11.5. The molecule has 0 saturated heterocycles. The number of ether oxygens (including phenoxy) is 1. The molecule has 0 bridgehead atoms. The number of carbonyl (C=O) groups is 1. The minimum absolute atomic E-state index is 0.0251. The average Bonchev–Trinajstić information content (AvgIpc) is 2.86. The van der Waals surface area contributed by atoms with Crippen LogP contribution in [0.5, 0.6) is 0 Å². The van der Waals surface area contributed by atoms with E-state index in [1.807, 2.05) is 30.3 Å². The van der Waals surface area contributed by atoms with Crippen LogP contribution in [0.15, 0.2) is 42.7 Å². The molecule has 0 spiro atoms. The topological polar surface area (TPSA) is 44.1 Å². The van der Waals surface area contributed by atoms with Gasteiger partial charge in [-0.25, -0.2) is 4.79 Å². The largest absolute Gasteiger partial charge is 0.449 e. The number of rotatable bonds is 4. The summed E-state index contributed by atoms with van der Waals surface area (Å²) in [5, 5.41) is 4.10. The number of hydrogen-bond acceptors (Lipinski definition) is 3. The highest BCUT2D eigenvalue weighted by Gasteiger charge is 2.09. The number of carbonyl (C=O) groups excluding carboxylic acids is 1. The summed E-state index contributed by atoms with van der Waals surface area (Å²) in [6.45, 7) is 0.589. The van der Waals surface area contributed by atoms with Crippen LogP contribution in [0.1, 0.15) is 15.9 Å². The number of benzene rings is 1. The van der Waals surface area contributed by atoms with Gasteiger partial charge < -0.3 is 4.74 Å². The van der Waals surface area contributed by atoms with Crippen LogP contribution in [0.4, 0.5) is 0 Å². The summed E-state index contributed by atoms with van der Waals surface area (Å²) in [6.07, 6.45) is 8.13. The lowest BCUT2D eigenvalue weighted by Gasteiger charge is -2.00. The van der Waals surface area contributed by atoms with Crippen LogP contribution in [0, 0.1) is 12.3 Å². The van der Waals surface area contributed by atoms with E-state index in [-0.39, 0.29) is 6.61 Å². The van der Waals surface area contributed by atoms with E-state index in [0.717, 1.165) is 5.56 Å². The molecule has 1 heterocycles. The Morgan fingerprint density at radius 2 is 2.17 bits per heavy atom. The number of esters is 1. The quantitative estimate of drug-likeness (QED) is 0.603. The highest BCUT2D eigenvalue weighted by Crippen LogP contribution is 2.05. The second-order valence-electron chi connectivity index (χ2n) is 3.69.